The first-order chi connectivity index (χ1) is 8.39. The number of alkyl halides is 3. The summed E-state index contributed by atoms with van der Waals surface area (Å²) < 4.78 is 38.3. The molecule has 0 aliphatic carbocycles. The van der Waals surface area contributed by atoms with E-state index in [1.807, 2.05) is 5.32 Å². The van der Waals surface area contributed by atoms with Crippen molar-refractivity contribution in [3.8, 4) is 0 Å². The second-order valence-electron chi connectivity index (χ2n) is 3.68. The maximum Gasteiger partial charge on any atom is 0.408 e. The molecule has 0 aliphatic rings. The summed E-state index contributed by atoms with van der Waals surface area (Å²) in [5.74, 6) is -0.853. The zero-order valence-corrected chi connectivity index (χ0v) is 9.27. The number of hydrogen-bond acceptors (Lipinski definition) is 3. The summed E-state index contributed by atoms with van der Waals surface area (Å²) in [6, 6.07) is -0.330. The van der Waals surface area contributed by atoms with E-state index in [9.17, 15) is 18.0 Å². The summed E-state index contributed by atoms with van der Waals surface area (Å²) in [5, 5.41) is 5.68. The highest BCUT2D eigenvalue weighted by atomic mass is 19.4. The number of nitrogens with zero attached hydrogens (tertiary/aromatic N) is 3. The Kier molecular flexibility index (Phi) is 2.93. The minimum Gasteiger partial charge on any atom is -0.340 e. The molecule has 1 unspecified atom stereocenters. The van der Waals surface area contributed by atoms with E-state index in [-0.39, 0.29) is 11.2 Å². The molecule has 0 spiro atoms. The minimum atomic E-state index is -4.48. The van der Waals surface area contributed by atoms with Crippen LogP contribution >= 0.6 is 0 Å². The molecule has 2 aromatic heterocycles. The molecular formula is C10H9F3N4O. The van der Waals surface area contributed by atoms with E-state index < -0.39 is 18.1 Å². The summed E-state index contributed by atoms with van der Waals surface area (Å²) in [5.41, 5.74) is 0.219. The first kappa shape index (κ1) is 12.3. The zero-order valence-electron chi connectivity index (χ0n) is 9.27. The number of aromatic nitrogens is 3. The van der Waals surface area contributed by atoms with Gasteiger partial charge in [-0.25, -0.2) is 9.50 Å². The first-order valence-corrected chi connectivity index (χ1v) is 5.05. The molecule has 96 valence electrons. The molecule has 2 heterocycles. The zero-order chi connectivity index (χ0) is 13.3. The number of fused-ring (bicyclic) bond motifs is 1. The molecule has 8 heteroatoms. The third kappa shape index (κ3) is 2.27. The van der Waals surface area contributed by atoms with Gasteiger partial charge >= 0.3 is 6.18 Å². The third-order valence-corrected chi connectivity index (χ3v) is 2.36. The Hall–Kier alpha value is -2.12. The number of carbonyl (C=O) groups excluding carboxylic acids is 1. The van der Waals surface area contributed by atoms with Crippen LogP contribution in [0.4, 0.5) is 13.2 Å². The van der Waals surface area contributed by atoms with Crippen molar-refractivity contribution < 1.29 is 18.0 Å². The highest BCUT2D eigenvalue weighted by Crippen LogP contribution is 2.20. The molecule has 18 heavy (non-hydrogen) atoms. The summed E-state index contributed by atoms with van der Waals surface area (Å²) in [4.78, 5) is 15.6. The van der Waals surface area contributed by atoms with Gasteiger partial charge in [-0.05, 0) is 13.0 Å². The van der Waals surface area contributed by atoms with Crippen molar-refractivity contribution in [2.75, 3.05) is 0 Å². The second-order valence-corrected chi connectivity index (χ2v) is 3.68. The maximum absolute atomic E-state index is 12.3. The highest BCUT2D eigenvalue weighted by Gasteiger charge is 2.37. The lowest BCUT2D eigenvalue weighted by molar-refractivity contribution is -0.149. The summed E-state index contributed by atoms with van der Waals surface area (Å²) in [7, 11) is 0. The van der Waals surface area contributed by atoms with Crippen molar-refractivity contribution in [1.29, 1.82) is 0 Å². The predicted octanol–water partition coefficient (Wildman–Crippen LogP) is 1.41. The minimum absolute atomic E-state index is 0.00620. The van der Waals surface area contributed by atoms with Crippen LogP contribution in [0.15, 0.2) is 24.7 Å². The highest BCUT2D eigenvalue weighted by molar-refractivity contribution is 5.99. The van der Waals surface area contributed by atoms with Crippen LogP contribution in [0, 0.1) is 0 Å². The van der Waals surface area contributed by atoms with Crippen LogP contribution in [0.5, 0.6) is 0 Å². The van der Waals surface area contributed by atoms with E-state index in [4.69, 9.17) is 0 Å². The van der Waals surface area contributed by atoms with E-state index in [0.29, 0.717) is 0 Å². The summed E-state index contributed by atoms with van der Waals surface area (Å²) in [6.07, 6.45) is -0.319. The smallest absolute Gasteiger partial charge is 0.340 e. The standard InChI is InChI=1S/C10H9F3N4O/c1-6(10(11,12)13)16-9(18)7-5-15-17-4-2-3-14-8(7)17/h2-6H,1H3,(H,16,18). The fourth-order valence-corrected chi connectivity index (χ4v) is 1.34. The SMILES string of the molecule is CC(NC(=O)c1cnn2cccnc12)C(F)(F)F. The number of carbonyl (C=O) groups is 1. The molecule has 2 aromatic rings. The molecule has 0 fully saturated rings. The number of rotatable bonds is 2. The normalized spacial score (nSPS) is 13.6. The summed E-state index contributed by atoms with van der Waals surface area (Å²) >= 11 is 0. The monoisotopic (exact) mass is 258 g/mol. The van der Waals surface area contributed by atoms with E-state index in [0.717, 1.165) is 6.92 Å². The molecule has 0 saturated carbocycles. The van der Waals surface area contributed by atoms with Crippen LogP contribution in [-0.2, 0) is 0 Å². The van der Waals surface area contributed by atoms with Crippen molar-refractivity contribution >= 4 is 11.6 Å². The average molecular weight is 258 g/mol. The lowest BCUT2D eigenvalue weighted by Gasteiger charge is -2.16. The lowest BCUT2D eigenvalue weighted by atomic mass is 10.2. The van der Waals surface area contributed by atoms with Gasteiger partial charge in [-0.15, -0.1) is 0 Å². The first-order valence-electron chi connectivity index (χ1n) is 5.05. The van der Waals surface area contributed by atoms with Gasteiger partial charge in [0, 0.05) is 12.4 Å². The maximum atomic E-state index is 12.3. The lowest BCUT2D eigenvalue weighted by Crippen LogP contribution is -2.43. The number of amides is 1. The van der Waals surface area contributed by atoms with Gasteiger partial charge in [0.15, 0.2) is 5.65 Å². The Morgan fingerprint density at radius 2 is 2.22 bits per heavy atom. The summed E-state index contributed by atoms with van der Waals surface area (Å²) in [6.45, 7) is 0.872. The van der Waals surface area contributed by atoms with Crippen LogP contribution < -0.4 is 5.32 Å². The van der Waals surface area contributed by atoms with Crippen molar-refractivity contribution in [3.05, 3.63) is 30.2 Å². The molecule has 0 aromatic carbocycles. The average Bonchev–Trinajstić information content (AvgIpc) is 2.71. The van der Waals surface area contributed by atoms with Gasteiger partial charge in [-0.3, -0.25) is 4.79 Å². The Bertz CT molecular complexity index is 578. The van der Waals surface area contributed by atoms with Crippen molar-refractivity contribution in [2.45, 2.75) is 19.1 Å². The van der Waals surface area contributed by atoms with Gasteiger partial charge in [-0.2, -0.15) is 18.3 Å². The van der Waals surface area contributed by atoms with E-state index in [1.165, 1.54) is 16.9 Å². The Morgan fingerprint density at radius 1 is 1.50 bits per heavy atom. The van der Waals surface area contributed by atoms with E-state index >= 15 is 0 Å². The number of halogens is 3. The van der Waals surface area contributed by atoms with Crippen LogP contribution in [-0.4, -0.2) is 32.7 Å². The molecule has 1 amide bonds. The Morgan fingerprint density at radius 3 is 2.89 bits per heavy atom. The quantitative estimate of drug-likeness (QED) is 0.886. The van der Waals surface area contributed by atoms with E-state index in [2.05, 4.69) is 10.1 Å². The van der Waals surface area contributed by atoms with Crippen LogP contribution in [0.25, 0.3) is 5.65 Å². The molecular weight excluding hydrogens is 249 g/mol. The van der Waals surface area contributed by atoms with Gasteiger partial charge in [-0.1, -0.05) is 0 Å². The van der Waals surface area contributed by atoms with Gasteiger partial charge in [0.2, 0.25) is 0 Å². The Labute approximate surface area is 99.6 Å². The van der Waals surface area contributed by atoms with Crippen LogP contribution in [0.2, 0.25) is 0 Å². The molecule has 0 aliphatic heterocycles. The molecule has 0 saturated heterocycles. The molecule has 1 N–H and O–H groups in total. The predicted molar refractivity (Wildman–Crippen MR) is 56.0 cm³/mol. The topological polar surface area (TPSA) is 59.3 Å². The fourth-order valence-electron chi connectivity index (χ4n) is 1.34. The van der Waals surface area contributed by atoms with Crippen LogP contribution in [0.3, 0.4) is 0 Å². The Balaban J connectivity index is 2.24. The van der Waals surface area contributed by atoms with Gasteiger partial charge in [0.25, 0.3) is 5.91 Å². The number of hydrogen-bond donors (Lipinski definition) is 1. The largest absolute Gasteiger partial charge is 0.408 e. The molecule has 0 radical (unpaired) electrons. The third-order valence-electron chi connectivity index (χ3n) is 2.36. The fraction of sp³-hybridized carbons (Fsp3) is 0.300. The van der Waals surface area contributed by atoms with Crippen molar-refractivity contribution in [2.24, 2.45) is 0 Å². The van der Waals surface area contributed by atoms with E-state index in [1.54, 1.807) is 12.3 Å². The molecule has 0 bridgehead atoms. The number of nitrogens with one attached hydrogen (secondary N) is 1. The van der Waals surface area contributed by atoms with Gasteiger partial charge in [0.1, 0.15) is 11.6 Å². The molecule has 2 rings (SSSR count). The molecule has 1 atom stereocenters. The van der Waals surface area contributed by atoms with Gasteiger partial charge < -0.3 is 5.32 Å². The van der Waals surface area contributed by atoms with Crippen molar-refractivity contribution in [1.82, 2.24) is 19.9 Å². The van der Waals surface area contributed by atoms with Gasteiger partial charge in [0.05, 0.1) is 6.20 Å². The second kappa shape index (κ2) is 4.28. The van der Waals surface area contributed by atoms with Crippen molar-refractivity contribution in [3.63, 3.8) is 0 Å². The molecule has 5 nitrogen and oxygen atoms in total. The van der Waals surface area contributed by atoms with Crippen LogP contribution in [0.1, 0.15) is 17.3 Å².